The van der Waals surface area contributed by atoms with Crippen molar-refractivity contribution in [3.63, 3.8) is 0 Å². The lowest BCUT2D eigenvalue weighted by atomic mass is 10.4. The lowest BCUT2D eigenvalue weighted by Gasteiger charge is -2.18. The predicted molar refractivity (Wildman–Crippen MR) is 56.8 cm³/mol. The van der Waals surface area contributed by atoms with Crippen LogP contribution >= 0.6 is 0 Å². The molecule has 1 heterocycles. The second kappa shape index (κ2) is 4.14. The van der Waals surface area contributed by atoms with Crippen LogP contribution < -0.4 is 0 Å². The fraction of sp³-hybridized carbons (Fsp3) is 0.818. The summed E-state index contributed by atoms with van der Waals surface area (Å²) in [6.07, 6.45) is 4.83. The smallest absolute Gasteiger partial charge is 0.229 e. The summed E-state index contributed by atoms with van der Waals surface area (Å²) >= 11 is 0. The van der Waals surface area contributed by atoms with Gasteiger partial charge < -0.3 is 9.63 Å². The van der Waals surface area contributed by atoms with Gasteiger partial charge in [0.2, 0.25) is 5.89 Å². The van der Waals surface area contributed by atoms with Crippen LogP contribution in [-0.4, -0.2) is 39.3 Å². The minimum Gasteiger partial charge on any atom is -0.395 e. The molecule has 88 valence electrons. The van der Waals surface area contributed by atoms with Crippen molar-refractivity contribution in [3.05, 3.63) is 11.7 Å². The molecule has 0 amide bonds. The highest BCUT2D eigenvalue weighted by molar-refractivity contribution is 5.02. The van der Waals surface area contributed by atoms with E-state index >= 15 is 0 Å². The first-order valence-corrected chi connectivity index (χ1v) is 6.04. The van der Waals surface area contributed by atoms with E-state index < -0.39 is 0 Å². The van der Waals surface area contributed by atoms with Crippen molar-refractivity contribution in [1.29, 1.82) is 0 Å². The molecule has 0 bridgehead atoms. The summed E-state index contributed by atoms with van der Waals surface area (Å²) in [5.74, 6) is 2.09. The molecule has 0 aromatic carbocycles. The molecule has 1 aromatic heterocycles. The van der Waals surface area contributed by atoms with Crippen molar-refractivity contribution in [2.24, 2.45) is 0 Å². The van der Waals surface area contributed by atoms with Crippen molar-refractivity contribution in [1.82, 2.24) is 15.0 Å². The molecule has 2 fully saturated rings. The van der Waals surface area contributed by atoms with Crippen LogP contribution in [0.4, 0.5) is 0 Å². The number of rotatable bonds is 6. The molecule has 3 rings (SSSR count). The molecule has 16 heavy (non-hydrogen) atoms. The van der Waals surface area contributed by atoms with E-state index in [-0.39, 0.29) is 6.61 Å². The summed E-state index contributed by atoms with van der Waals surface area (Å²) in [6, 6.07) is 0.620. The Kier molecular flexibility index (Phi) is 2.65. The average Bonchev–Trinajstić information content (AvgIpc) is 3.18. The van der Waals surface area contributed by atoms with E-state index in [0.29, 0.717) is 25.0 Å². The van der Waals surface area contributed by atoms with Crippen molar-refractivity contribution >= 4 is 0 Å². The van der Waals surface area contributed by atoms with Gasteiger partial charge in [0.25, 0.3) is 0 Å². The topological polar surface area (TPSA) is 62.4 Å². The van der Waals surface area contributed by atoms with E-state index in [1.807, 2.05) is 0 Å². The molecule has 0 radical (unpaired) electrons. The van der Waals surface area contributed by atoms with Crippen LogP contribution in [0.1, 0.15) is 43.3 Å². The maximum Gasteiger partial charge on any atom is 0.229 e. The van der Waals surface area contributed by atoms with Crippen LogP contribution in [0.3, 0.4) is 0 Å². The van der Waals surface area contributed by atoms with Gasteiger partial charge in [0.15, 0.2) is 5.82 Å². The van der Waals surface area contributed by atoms with Crippen molar-refractivity contribution < 1.29 is 9.63 Å². The first-order valence-electron chi connectivity index (χ1n) is 6.04. The van der Waals surface area contributed by atoms with Gasteiger partial charge in [0, 0.05) is 18.5 Å². The quantitative estimate of drug-likeness (QED) is 0.776. The Balaban J connectivity index is 1.61. The normalized spacial score (nSPS) is 20.6. The Bertz CT molecular complexity index is 358. The van der Waals surface area contributed by atoms with E-state index in [1.54, 1.807) is 0 Å². The Hall–Kier alpha value is -0.940. The van der Waals surface area contributed by atoms with E-state index in [0.717, 1.165) is 11.7 Å². The van der Waals surface area contributed by atoms with Gasteiger partial charge in [-0.25, -0.2) is 0 Å². The molecule has 0 aliphatic heterocycles. The van der Waals surface area contributed by atoms with Crippen LogP contribution in [0.5, 0.6) is 0 Å². The molecule has 5 nitrogen and oxygen atoms in total. The summed E-state index contributed by atoms with van der Waals surface area (Å²) in [7, 11) is 0. The van der Waals surface area contributed by atoms with E-state index in [2.05, 4.69) is 15.0 Å². The Labute approximate surface area is 94.4 Å². The molecule has 0 saturated heterocycles. The molecule has 1 aromatic rings. The third-order valence-corrected chi connectivity index (χ3v) is 3.21. The number of hydrogen-bond donors (Lipinski definition) is 1. The van der Waals surface area contributed by atoms with Crippen LogP contribution in [0.25, 0.3) is 0 Å². The van der Waals surface area contributed by atoms with Gasteiger partial charge in [0.1, 0.15) is 0 Å². The van der Waals surface area contributed by atoms with Crippen molar-refractivity contribution in [2.45, 2.75) is 44.2 Å². The fourth-order valence-corrected chi connectivity index (χ4v) is 1.97. The number of aliphatic hydroxyl groups is 1. The molecule has 2 saturated carbocycles. The summed E-state index contributed by atoms with van der Waals surface area (Å²) in [4.78, 5) is 6.64. The zero-order valence-electron chi connectivity index (χ0n) is 9.30. The second-order valence-corrected chi connectivity index (χ2v) is 4.75. The van der Waals surface area contributed by atoms with Gasteiger partial charge in [0.05, 0.1) is 13.2 Å². The first-order chi connectivity index (χ1) is 7.86. The molecule has 0 spiro atoms. The van der Waals surface area contributed by atoms with Gasteiger partial charge in [-0.1, -0.05) is 5.16 Å². The summed E-state index contributed by atoms with van der Waals surface area (Å²) in [5, 5.41) is 13.0. The van der Waals surface area contributed by atoms with Gasteiger partial charge in [-0.2, -0.15) is 4.98 Å². The largest absolute Gasteiger partial charge is 0.395 e. The van der Waals surface area contributed by atoms with Crippen LogP contribution in [-0.2, 0) is 6.54 Å². The highest BCUT2D eigenvalue weighted by Crippen LogP contribution is 2.39. The lowest BCUT2D eigenvalue weighted by Crippen LogP contribution is -2.29. The van der Waals surface area contributed by atoms with Crippen LogP contribution in [0, 0.1) is 0 Å². The fourth-order valence-electron chi connectivity index (χ4n) is 1.97. The van der Waals surface area contributed by atoms with E-state index in [4.69, 9.17) is 9.63 Å². The minimum atomic E-state index is 0.198. The number of aromatic nitrogens is 2. The minimum absolute atomic E-state index is 0.198. The zero-order chi connectivity index (χ0) is 11.0. The number of nitrogens with zero attached hydrogens (tertiary/aromatic N) is 3. The number of aliphatic hydroxyl groups excluding tert-OH is 1. The third kappa shape index (κ3) is 2.25. The van der Waals surface area contributed by atoms with Crippen LogP contribution in [0.2, 0.25) is 0 Å². The standard InChI is InChI=1S/C11H17N3O2/c15-6-5-14(9-3-4-9)7-10-12-11(16-13-10)8-1-2-8/h8-9,15H,1-7H2. The molecule has 0 unspecified atom stereocenters. The molecule has 1 N–H and O–H groups in total. The molecule has 2 aliphatic rings. The number of hydrogen-bond acceptors (Lipinski definition) is 5. The van der Waals surface area contributed by atoms with Crippen LogP contribution in [0.15, 0.2) is 4.52 Å². The third-order valence-electron chi connectivity index (χ3n) is 3.21. The molecular weight excluding hydrogens is 206 g/mol. The first kappa shape index (κ1) is 10.2. The SMILES string of the molecule is OCCN(Cc1noc(C2CC2)n1)C1CC1. The maximum absolute atomic E-state index is 8.99. The monoisotopic (exact) mass is 223 g/mol. The Morgan fingerprint density at radius 3 is 2.75 bits per heavy atom. The maximum atomic E-state index is 8.99. The lowest BCUT2D eigenvalue weighted by molar-refractivity contribution is 0.179. The summed E-state index contributed by atoms with van der Waals surface area (Å²) in [5.41, 5.74) is 0. The average molecular weight is 223 g/mol. The molecule has 0 atom stereocenters. The molecule has 5 heteroatoms. The van der Waals surface area contributed by atoms with Gasteiger partial charge in [-0.15, -0.1) is 0 Å². The molecule has 2 aliphatic carbocycles. The predicted octanol–water partition coefficient (Wildman–Crippen LogP) is 0.904. The molecular formula is C11H17N3O2. The van der Waals surface area contributed by atoms with Gasteiger partial charge in [-0.05, 0) is 25.7 Å². The Morgan fingerprint density at radius 2 is 2.12 bits per heavy atom. The van der Waals surface area contributed by atoms with Crippen molar-refractivity contribution in [3.8, 4) is 0 Å². The van der Waals surface area contributed by atoms with E-state index in [1.165, 1.54) is 25.7 Å². The van der Waals surface area contributed by atoms with Gasteiger partial charge >= 0.3 is 0 Å². The van der Waals surface area contributed by atoms with Gasteiger partial charge in [-0.3, -0.25) is 4.90 Å². The zero-order valence-corrected chi connectivity index (χ0v) is 9.30. The summed E-state index contributed by atoms with van der Waals surface area (Å²) < 4.78 is 5.22. The van der Waals surface area contributed by atoms with E-state index in [9.17, 15) is 0 Å². The Morgan fingerprint density at radius 1 is 1.31 bits per heavy atom. The van der Waals surface area contributed by atoms with Crippen molar-refractivity contribution in [2.75, 3.05) is 13.2 Å². The second-order valence-electron chi connectivity index (χ2n) is 4.75. The highest BCUT2D eigenvalue weighted by atomic mass is 16.5. The summed E-state index contributed by atoms with van der Waals surface area (Å²) in [6.45, 7) is 1.61. The highest BCUT2D eigenvalue weighted by Gasteiger charge is 2.32.